The third-order valence-electron chi connectivity index (χ3n) is 3.64. The van der Waals surface area contributed by atoms with E-state index in [9.17, 15) is 4.79 Å². The molecule has 1 aromatic heterocycles. The molecular weight excluding hydrogens is 266 g/mol. The molecule has 1 saturated carbocycles. The molecule has 1 aliphatic carbocycles. The summed E-state index contributed by atoms with van der Waals surface area (Å²) in [4.78, 5) is 12.0. The van der Waals surface area contributed by atoms with Crippen LogP contribution in [0.25, 0.3) is 5.69 Å². The molecule has 0 spiro atoms. The standard InChI is InChI=1S/C15H15N5O/c16-10-17-12-8-11(9-12)15(21)18-14-6-7-20(19-14)13-4-2-1-3-5-13/h1-7,11-12,17H,8-9H2,(H,18,19,21)/t11-,12+. The molecule has 1 aromatic carbocycles. The number of nitrogens with one attached hydrogen (secondary N) is 2. The number of carbonyl (C=O) groups excluding carboxylic acids is 1. The van der Waals surface area contributed by atoms with Gasteiger partial charge in [0.1, 0.15) is 0 Å². The van der Waals surface area contributed by atoms with Gasteiger partial charge in [0, 0.05) is 24.2 Å². The van der Waals surface area contributed by atoms with Crippen molar-refractivity contribution < 1.29 is 4.79 Å². The number of hydrogen-bond acceptors (Lipinski definition) is 4. The first-order chi connectivity index (χ1) is 10.3. The summed E-state index contributed by atoms with van der Waals surface area (Å²) in [6.45, 7) is 0. The molecule has 6 nitrogen and oxygen atoms in total. The fourth-order valence-electron chi connectivity index (χ4n) is 2.38. The summed E-state index contributed by atoms with van der Waals surface area (Å²) in [6.07, 6.45) is 5.10. The van der Waals surface area contributed by atoms with E-state index < -0.39 is 0 Å². The first kappa shape index (κ1) is 13.2. The highest BCUT2D eigenvalue weighted by molar-refractivity contribution is 5.92. The van der Waals surface area contributed by atoms with E-state index in [4.69, 9.17) is 5.26 Å². The number of aromatic nitrogens is 2. The molecule has 0 saturated heterocycles. The topological polar surface area (TPSA) is 82.7 Å². The molecule has 0 bridgehead atoms. The van der Waals surface area contributed by atoms with Crippen LogP contribution in [0.15, 0.2) is 42.6 Å². The molecule has 2 aromatic rings. The van der Waals surface area contributed by atoms with Crippen LogP contribution >= 0.6 is 0 Å². The minimum absolute atomic E-state index is 0.0377. The molecule has 3 rings (SSSR count). The van der Waals surface area contributed by atoms with Gasteiger partial charge in [-0.05, 0) is 25.0 Å². The van der Waals surface area contributed by atoms with Crippen molar-refractivity contribution in [3.8, 4) is 11.9 Å². The Morgan fingerprint density at radius 2 is 2.05 bits per heavy atom. The van der Waals surface area contributed by atoms with Crippen LogP contribution in [0.2, 0.25) is 0 Å². The van der Waals surface area contributed by atoms with E-state index in [1.165, 1.54) is 0 Å². The third kappa shape index (κ3) is 2.87. The van der Waals surface area contributed by atoms with Crippen molar-refractivity contribution in [2.45, 2.75) is 18.9 Å². The predicted octanol–water partition coefficient (Wildman–Crippen LogP) is 1.66. The van der Waals surface area contributed by atoms with Gasteiger partial charge in [-0.3, -0.25) is 4.79 Å². The van der Waals surface area contributed by atoms with E-state index in [2.05, 4.69) is 15.7 Å². The van der Waals surface area contributed by atoms with Gasteiger partial charge in [0.15, 0.2) is 12.0 Å². The van der Waals surface area contributed by atoms with Gasteiger partial charge >= 0.3 is 0 Å². The van der Waals surface area contributed by atoms with Crippen LogP contribution in [0, 0.1) is 17.4 Å². The molecule has 1 aliphatic rings. The number of hydrogen-bond donors (Lipinski definition) is 2. The average molecular weight is 281 g/mol. The van der Waals surface area contributed by atoms with Crippen molar-refractivity contribution in [3.05, 3.63) is 42.6 Å². The van der Waals surface area contributed by atoms with Gasteiger partial charge in [-0.2, -0.15) is 10.4 Å². The molecule has 0 atom stereocenters. The lowest BCUT2D eigenvalue weighted by Crippen LogP contribution is -2.44. The number of benzene rings is 1. The van der Waals surface area contributed by atoms with Crippen molar-refractivity contribution in [3.63, 3.8) is 0 Å². The zero-order valence-corrected chi connectivity index (χ0v) is 11.4. The third-order valence-corrected chi connectivity index (χ3v) is 3.64. The molecule has 0 aliphatic heterocycles. The Bertz CT molecular complexity index is 667. The Morgan fingerprint density at radius 1 is 1.29 bits per heavy atom. The Hall–Kier alpha value is -2.81. The Kier molecular flexibility index (Phi) is 3.56. The van der Waals surface area contributed by atoms with Gasteiger partial charge in [0.2, 0.25) is 5.91 Å². The zero-order valence-electron chi connectivity index (χ0n) is 11.4. The fourth-order valence-corrected chi connectivity index (χ4v) is 2.38. The second-order valence-electron chi connectivity index (χ2n) is 5.09. The van der Waals surface area contributed by atoms with Crippen LogP contribution in [-0.2, 0) is 4.79 Å². The normalized spacial score (nSPS) is 20.1. The second-order valence-corrected chi connectivity index (χ2v) is 5.09. The number of rotatable bonds is 4. The van der Waals surface area contributed by atoms with E-state index in [0.717, 1.165) is 5.69 Å². The summed E-state index contributed by atoms with van der Waals surface area (Å²) >= 11 is 0. The number of nitriles is 1. The Labute approximate surface area is 122 Å². The maximum atomic E-state index is 12.0. The summed E-state index contributed by atoms with van der Waals surface area (Å²) in [6, 6.07) is 11.6. The highest BCUT2D eigenvalue weighted by Gasteiger charge is 2.34. The molecule has 0 radical (unpaired) electrons. The van der Waals surface area contributed by atoms with Crippen molar-refractivity contribution in [1.82, 2.24) is 15.1 Å². The van der Waals surface area contributed by atoms with Gasteiger partial charge in [0.25, 0.3) is 0 Å². The Balaban J connectivity index is 1.58. The van der Waals surface area contributed by atoms with E-state index >= 15 is 0 Å². The van der Waals surface area contributed by atoms with Crippen LogP contribution in [0.5, 0.6) is 0 Å². The van der Waals surface area contributed by atoms with Gasteiger partial charge in [0.05, 0.1) is 5.69 Å². The van der Waals surface area contributed by atoms with Crippen LogP contribution in [-0.4, -0.2) is 21.7 Å². The first-order valence-electron chi connectivity index (χ1n) is 6.83. The summed E-state index contributed by atoms with van der Waals surface area (Å²) in [5.41, 5.74) is 0.944. The Morgan fingerprint density at radius 3 is 2.76 bits per heavy atom. The monoisotopic (exact) mass is 281 g/mol. The number of anilines is 1. The highest BCUT2D eigenvalue weighted by Crippen LogP contribution is 2.28. The molecule has 21 heavy (non-hydrogen) atoms. The van der Waals surface area contributed by atoms with Crippen molar-refractivity contribution in [2.75, 3.05) is 5.32 Å². The molecule has 6 heteroatoms. The average Bonchev–Trinajstić information content (AvgIpc) is 2.91. The maximum absolute atomic E-state index is 12.0. The van der Waals surface area contributed by atoms with Crippen LogP contribution < -0.4 is 10.6 Å². The lowest BCUT2D eigenvalue weighted by molar-refractivity contribution is -0.122. The minimum atomic E-state index is -0.0438. The lowest BCUT2D eigenvalue weighted by Gasteiger charge is -2.32. The second kappa shape index (κ2) is 5.67. The van der Waals surface area contributed by atoms with Gasteiger partial charge < -0.3 is 10.6 Å². The maximum Gasteiger partial charge on any atom is 0.228 e. The van der Waals surface area contributed by atoms with Crippen molar-refractivity contribution >= 4 is 11.7 Å². The molecule has 1 amide bonds. The minimum Gasteiger partial charge on any atom is -0.321 e. The molecule has 1 heterocycles. The molecule has 2 N–H and O–H groups in total. The van der Waals surface area contributed by atoms with Crippen LogP contribution in [0.1, 0.15) is 12.8 Å². The quantitative estimate of drug-likeness (QED) is 0.659. The molecule has 106 valence electrons. The number of nitrogens with zero attached hydrogens (tertiary/aromatic N) is 3. The van der Waals surface area contributed by atoms with E-state index in [0.29, 0.717) is 18.7 Å². The number of amides is 1. The fraction of sp³-hybridized carbons (Fsp3) is 0.267. The van der Waals surface area contributed by atoms with E-state index in [1.807, 2.05) is 42.7 Å². The van der Waals surface area contributed by atoms with Crippen LogP contribution in [0.4, 0.5) is 5.82 Å². The van der Waals surface area contributed by atoms with Crippen molar-refractivity contribution in [2.24, 2.45) is 5.92 Å². The summed E-state index contributed by atoms with van der Waals surface area (Å²) in [5, 5.41) is 18.3. The predicted molar refractivity (Wildman–Crippen MR) is 77.5 cm³/mol. The largest absolute Gasteiger partial charge is 0.321 e. The van der Waals surface area contributed by atoms with E-state index in [1.54, 1.807) is 10.7 Å². The summed E-state index contributed by atoms with van der Waals surface area (Å²) < 4.78 is 1.72. The lowest BCUT2D eigenvalue weighted by atomic mass is 9.80. The molecule has 1 fully saturated rings. The van der Waals surface area contributed by atoms with E-state index in [-0.39, 0.29) is 17.9 Å². The number of carbonyl (C=O) groups is 1. The first-order valence-corrected chi connectivity index (χ1v) is 6.83. The van der Waals surface area contributed by atoms with Crippen LogP contribution in [0.3, 0.4) is 0 Å². The zero-order chi connectivity index (χ0) is 14.7. The highest BCUT2D eigenvalue weighted by atomic mass is 16.2. The smallest absolute Gasteiger partial charge is 0.228 e. The van der Waals surface area contributed by atoms with Crippen molar-refractivity contribution in [1.29, 1.82) is 5.26 Å². The molecular formula is C15H15N5O. The summed E-state index contributed by atoms with van der Waals surface area (Å²) in [5.74, 6) is 0.461. The van der Waals surface area contributed by atoms with Gasteiger partial charge in [-0.25, -0.2) is 4.68 Å². The summed E-state index contributed by atoms with van der Waals surface area (Å²) in [7, 11) is 0. The SMILES string of the molecule is N#CN[C@H]1C[C@@H](C(=O)Nc2ccn(-c3ccccc3)n2)C1. The molecule has 0 unspecified atom stereocenters. The van der Waals surface area contributed by atoms with Gasteiger partial charge in [-0.1, -0.05) is 18.2 Å². The van der Waals surface area contributed by atoms with Gasteiger partial charge in [-0.15, -0.1) is 0 Å². The number of para-hydroxylation sites is 1.